The van der Waals surface area contributed by atoms with Gasteiger partial charge in [0.05, 0.1) is 0 Å². The lowest BCUT2D eigenvalue weighted by atomic mass is 10.5. The first-order valence-electron chi connectivity index (χ1n) is 1.92. The monoisotopic (exact) mass is 410 g/mol. The molecule has 0 aliphatic carbocycles. The number of hydrogen-bond acceptors (Lipinski definition) is 0. The minimum absolute atomic E-state index is 1.64. The van der Waals surface area contributed by atoms with Gasteiger partial charge in [0, 0.05) is 0 Å². The molecule has 1 atom stereocenters. The summed E-state index contributed by atoms with van der Waals surface area (Å²) in [5.74, 6) is 0. The van der Waals surface area contributed by atoms with Crippen LogP contribution in [0.3, 0.4) is 0 Å². The van der Waals surface area contributed by atoms with Crippen LogP contribution >= 0.6 is 63.7 Å². The maximum atomic E-state index is 12.7. The smallest absolute Gasteiger partial charge is 0.221 e. The van der Waals surface area contributed by atoms with Crippen molar-refractivity contribution in [1.82, 2.24) is 0 Å². The predicted molar refractivity (Wildman–Crippen MR) is 48.3 cm³/mol. The zero-order chi connectivity index (χ0) is 8.58. The standard InChI is InChI=1S/C3HBr4F3/c4-2(10,1(8)9)3(5,6)7/h1H. The third kappa shape index (κ3) is 2.64. The normalized spacial score (nSPS) is 19.2. The van der Waals surface area contributed by atoms with Crippen molar-refractivity contribution >= 4 is 63.7 Å². The van der Waals surface area contributed by atoms with Crippen molar-refractivity contribution in [3.8, 4) is 0 Å². The number of halogens is 7. The molecule has 62 valence electrons. The van der Waals surface area contributed by atoms with E-state index >= 15 is 0 Å². The summed E-state index contributed by atoms with van der Waals surface area (Å²) in [6, 6.07) is 0. The molecule has 0 aromatic carbocycles. The number of alkyl halides is 7. The highest BCUT2D eigenvalue weighted by atomic mass is 80.0. The van der Waals surface area contributed by atoms with Gasteiger partial charge in [0.1, 0.15) is 0 Å². The first-order chi connectivity index (χ1) is 4.19. The van der Waals surface area contributed by atoms with Crippen LogP contribution in [0.1, 0.15) is 0 Å². The summed E-state index contributed by atoms with van der Waals surface area (Å²) in [5, 5.41) is 0. The minimum atomic E-state index is -3.13. The highest BCUT2D eigenvalue weighted by Gasteiger charge is 2.53. The van der Waals surface area contributed by atoms with E-state index in [0.29, 0.717) is 0 Å². The molecule has 0 nitrogen and oxygen atoms in total. The van der Waals surface area contributed by atoms with Crippen LogP contribution in [0.4, 0.5) is 13.2 Å². The third-order valence-electron chi connectivity index (χ3n) is 0.652. The van der Waals surface area contributed by atoms with E-state index in [1.54, 1.807) is 0 Å². The Kier molecular flexibility index (Phi) is 4.23. The fourth-order valence-corrected chi connectivity index (χ4v) is 0.643. The van der Waals surface area contributed by atoms with Gasteiger partial charge in [-0.1, -0.05) is 47.8 Å². The summed E-state index contributed by atoms with van der Waals surface area (Å²) in [5.41, 5.74) is 0. The summed E-state index contributed by atoms with van der Waals surface area (Å²) in [6.07, 6.45) is -3.13. The van der Waals surface area contributed by atoms with E-state index in [9.17, 15) is 13.2 Å². The molecule has 0 saturated carbocycles. The van der Waals surface area contributed by atoms with Crippen LogP contribution in [0, 0.1) is 0 Å². The Balaban J connectivity index is 4.40. The van der Waals surface area contributed by atoms with Crippen molar-refractivity contribution in [1.29, 1.82) is 0 Å². The van der Waals surface area contributed by atoms with Crippen molar-refractivity contribution in [2.45, 2.75) is 13.1 Å². The maximum absolute atomic E-state index is 12.7. The van der Waals surface area contributed by atoms with Crippen molar-refractivity contribution in [2.24, 2.45) is 0 Å². The first kappa shape index (κ1) is 11.7. The topological polar surface area (TPSA) is 0 Å². The van der Waals surface area contributed by atoms with Crippen molar-refractivity contribution in [3.05, 3.63) is 0 Å². The minimum Gasteiger partial charge on any atom is -0.221 e. The molecular formula is C3HBr4F3. The fourth-order valence-electron chi connectivity index (χ4n) is 0.124. The Hall–Kier alpha value is 1.71. The molecule has 0 heterocycles. The highest BCUT2D eigenvalue weighted by Crippen LogP contribution is 2.52. The van der Waals surface area contributed by atoms with E-state index < -0.39 is 13.1 Å². The van der Waals surface area contributed by atoms with Crippen LogP contribution in [0.5, 0.6) is 0 Å². The molecular weight excluding hydrogens is 413 g/mol. The third-order valence-corrected chi connectivity index (χ3v) is 4.92. The van der Waals surface area contributed by atoms with Gasteiger partial charge < -0.3 is 0 Å². The quantitative estimate of drug-likeness (QED) is 0.567. The van der Waals surface area contributed by atoms with E-state index in [0.717, 1.165) is 0 Å². The van der Waals surface area contributed by atoms with Gasteiger partial charge in [-0.15, -0.1) is 0 Å². The second kappa shape index (κ2) is 3.62. The van der Waals surface area contributed by atoms with Crippen LogP contribution in [-0.2, 0) is 0 Å². The van der Waals surface area contributed by atoms with Gasteiger partial charge >= 0.3 is 0 Å². The Morgan fingerprint density at radius 2 is 1.30 bits per heavy atom. The van der Waals surface area contributed by atoms with E-state index in [1.807, 2.05) is 0 Å². The number of hydrogen-bond donors (Lipinski definition) is 0. The lowest BCUT2D eigenvalue weighted by molar-refractivity contribution is 0.0401. The Bertz CT molecular complexity index is 117. The van der Waals surface area contributed by atoms with Crippen molar-refractivity contribution in [3.63, 3.8) is 0 Å². The molecule has 0 rings (SSSR count). The molecule has 0 fully saturated rings. The predicted octanol–water partition coefficient (Wildman–Crippen LogP) is 4.15. The van der Waals surface area contributed by atoms with Crippen molar-refractivity contribution < 1.29 is 13.2 Å². The Morgan fingerprint density at radius 3 is 1.30 bits per heavy atom. The second-order valence-electron chi connectivity index (χ2n) is 1.42. The van der Waals surface area contributed by atoms with Crippen molar-refractivity contribution in [2.75, 3.05) is 0 Å². The van der Waals surface area contributed by atoms with Gasteiger partial charge in [0.25, 0.3) is 11.0 Å². The summed E-state index contributed by atoms with van der Waals surface area (Å²) in [6.45, 7) is 0. The van der Waals surface area contributed by atoms with E-state index in [2.05, 4.69) is 63.7 Å². The first-order valence-corrected chi connectivity index (χ1v) is 5.09. The van der Waals surface area contributed by atoms with Crippen LogP contribution in [-0.4, -0.2) is 13.1 Å². The lowest BCUT2D eigenvalue weighted by Crippen LogP contribution is -2.37. The number of rotatable bonds is 1. The van der Waals surface area contributed by atoms with Crippen LogP contribution in [0.15, 0.2) is 0 Å². The zero-order valence-corrected chi connectivity index (χ0v) is 10.6. The zero-order valence-electron chi connectivity index (χ0n) is 4.22. The largest absolute Gasteiger partial charge is 0.285 e. The molecule has 0 aliphatic rings. The van der Waals surface area contributed by atoms with E-state index in [4.69, 9.17) is 0 Å². The second-order valence-corrected chi connectivity index (χ2v) is 9.34. The van der Waals surface area contributed by atoms with Gasteiger partial charge in [-0.3, -0.25) is 0 Å². The molecule has 0 N–H and O–H groups in total. The van der Waals surface area contributed by atoms with E-state index in [1.165, 1.54) is 0 Å². The molecule has 0 aromatic rings. The fraction of sp³-hybridized carbons (Fsp3) is 1.00. The summed E-state index contributed by atoms with van der Waals surface area (Å²) >= 11 is 10.1. The summed E-state index contributed by atoms with van der Waals surface area (Å²) in [4.78, 5) is 0. The SMILES string of the molecule is FC(F)C(F)(Br)C(Br)(Br)Br. The average molecular weight is 414 g/mol. The molecule has 0 radical (unpaired) electrons. The molecule has 0 aliphatic heterocycles. The van der Waals surface area contributed by atoms with Gasteiger partial charge in [-0.05, 0) is 15.9 Å². The highest BCUT2D eigenvalue weighted by molar-refractivity contribution is 9.40. The lowest BCUT2D eigenvalue weighted by Gasteiger charge is -2.25. The molecule has 0 amide bonds. The molecule has 0 saturated heterocycles. The summed E-state index contributed by atoms with van der Waals surface area (Å²) < 4.78 is 31.9. The van der Waals surface area contributed by atoms with Gasteiger partial charge in [0.15, 0.2) is 2.14 Å². The Labute approximate surface area is 89.4 Å². The van der Waals surface area contributed by atoms with Gasteiger partial charge in [0.2, 0.25) is 0 Å². The molecule has 10 heavy (non-hydrogen) atoms. The molecule has 1 unspecified atom stereocenters. The Morgan fingerprint density at radius 1 is 1.00 bits per heavy atom. The molecule has 7 heteroatoms. The summed E-state index contributed by atoms with van der Waals surface area (Å²) in [7, 11) is 0. The maximum Gasteiger partial charge on any atom is 0.285 e. The molecule has 0 bridgehead atoms. The van der Waals surface area contributed by atoms with Crippen LogP contribution in [0.25, 0.3) is 0 Å². The molecule has 0 aromatic heterocycles. The van der Waals surface area contributed by atoms with Crippen LogP contribution < -0.4 is 0 Å². The van der Waals surface area contributed by atoms with E-state index in [-0.39, 0.29) is 0 Å². The van der Waals surface area contributed by atoms with Crippen LogP contribution in [0.2, 0.25) is 0 Å². The van der Waals surface area contributed by atoms with Gasteiger partial charge in [-0.25, -0.2) is 13.2 Å². The molecule has 0 spiro atoms. The average Bonchev–Trinajstić information content (AvgIpc) is 1.62. The van der Waals surface area contributed by atoms with Gasteiger partial charge in [-0.2, -0.15) is 0 Å².